The van der Waals surface area contributed by atoms with Crippen LogP contribution >= 0.6 is 0 Å². The molecule has 26 heavy (non-hydrogen) atoms. The van der Waals surface area contributed by atoms with E-state index in [2.05, 4.69) is 15.0 Å². The molecule has 0 saturated carbocycles. The molecule has 0 radical (unpaired) electrons. The quantitative estimate of drug-likeness (QED) is 0.876. The minimum atomic E-state index is -1.62. The summed E-state index contributed by atoms with van der Waals surface area (Å²) in [4.78, 5) is 5.95. The van der Waals surface area contributed by atoms with E-state index < -0.39 is 23.3 Å². The van der Waals surface area contributed by atoms with Gasteiger partial charge in [0.25, 0.3) is 0 Å². The summed E-state index contributed by atoms with van der Waals surface area (Å²) in [6, 6.07) is 2.78. The Hall–Kier alpha value is -1.90. The van der Waals surface area contributed by atoms with Crippen LogP contribution in [0.4, 0.5) is 8.78 Å². The van der Waals surface area contributed by atoms with Crippen LogP contribution in [0.1, 0.15) is 26.3 Å². The Kier molecular flexibility index (Phi) is 5.36. The second-order valence-corrected chi connectivity index (χ2v) is 7.03. The molecule has 1 fully saturated rings. The first-order valence-electron chi connectivity index (χ1n) is 8.69. The molecule has 1 aromatic heterocycles. The molecule has 1 N–H and O–H groups in total. The van der Waals surface area contributed by atoms with E-state index in [0.717, 1.165) is 12.1 Å². The van der Waals surface area contributed by atoms with Crippen LogP contribution in [0.15, 0.2) is 30.9 Å². The van der Waals surface area contributed by atoms with E-state index in [0.29, 0.717) is 13.1 Å². The predicted octanol–water partition coefficient (Wildman–Crippen LogP) is 1.94. The first-order valence-corrected chi connectivity index (χ1v) is 8.69. The zero-order valence-electron chi connectivity index (χ0n) is 15.1. The smallest absolute Gasteiger partial charge is 0.137 e. The van der Waals surface area contributed by atoms with Gasteiger partial charge in [-0.3, -0.25) is 4.90 Å². The zero-order chi connectivity index (χ0) is 18.9. The van der Waals surface area contributed by atoms with Gasteiger partial charge < -0.3 is 9.84 Å². The molecule has 0 bridgehead atoms. The molecule has 0 aliphatic carbocycles. The van der Waals surface area contributed by atoms with Crippen LogP contribution in [0.3, 0.4) is 0 Å². The summed E-state index contributed by atoms with van der Waals surface area (Å²) in [5.74, 6) is -1.47. The van der Waals surface area contributed by atoms with E-state index in [9.17, 15) is 13.9 Å². The SMILES string of the molecule is CC1CN([C@H](C)[C@](O)(Cn2cncn2)c2ccc(F)cc2F)CC(C)O1. The van der Waals surface area contributed by atoms with Crippen LogP contribution in [0.5, 0.6) is 0 Å². The van der Waals surface area contributed by atoms with Crippen molar-refractivity contribution in [2.45, 2.75) is 51.2 Å². The van der Waals surface area contributed by atoms with E-state index in [-0.39, 0.29) is 24.3 Å². The molecular weight excluding hydrogens is 342 g/mol. The monoisotopic (exact) mass is 366 g/mol. The van der Waals surface area contributed by atoms with E-state index in [1.807, 2.05) is 20.8 Å². The summed E-state index contributed by atoms with van der Waals surface area (Å²) >= 11 is 0. The van der Waals surface area contributed by atoms with Crippen LogP contribution in [0, 0.1) is 11.6 Å². The lowest BCUT2D eigenvalue weighted by Crippen LogP contribution is -2.57. The Morgan fingerprint density at radius 1 is 1.31 bits per heavy atom. The van der Waals surface area contributed by atoms with Gasteiger partial charge in [0, 0.05) is 30.8 Å². The van der Waals surface area contributed by atoms with Crippen LogP contribution in [0.2, 0.25) is 0 Å². The molecule has 2 aromatic rings. The van der Waals surface area contributed by atoms with Crippen molar-refractivity contribution in [2.24, 2.45) is 0 Å². The van der Waals surface area contributed by atoms with E-state index in [4.69, 9.17) is 4.74 Å². The summed E-state index contributed by atoms with van der Waals surface area (Å²) in [6.45, 7) is 6.97. The molecule has 1 aromatic carbocycles. The average molecular weight is 366 g/mol. The lowest BCUT2D eigenvalue weighted by Gasteiger charge is -2.45. The normalized spacial score (nSPS) is 25.0. The molecule has 3 rings (SSSR count). The fraction of sp³-hybridized carbons (Fsp3) is 0.556. The Morgan fingerprint density at radius 2 is 2.00 bits per heavy atom. The Bertz CT molecular complexity index is 733. The summed E-state index contributed by atoms with van der Waals surface area (Å²) in [7, 11) is 0. The summed E-state index contributed by atoms with van der Waals surface area (Å²) in [5.41, 5.74) is -1.59. The van der Waals surface area contributed by atoms with Crippen molar-refractivity contribution in [3.8, 4) is 0 Å². The third kappa shape index (κ3) is 3.77. The first kappa shape index (κ1) is 18.9. The van der Waals surface area contributed by atoms with E-state index >= 15 is 0 Å². The largest absolute Gasteiger partial charge is 0.381 e. The first-order chi connectivity index (χ1) is 12.3. The van der Waals surface area contributed by atoms with Crippen molar-refractivity contribution in [3.05, 3.63) is 48.1 Å². The van der Waals surface area contributed by atoms with Gasteiger partial charge in [0.1, 0.15) is 29.9 Å². The standard InChI is InChI=1S/C18H24F2N4O2/c1-12-7-23(8-13(2)26-12)14(3)18(25,9-24-11-21-10-22-24)16-5-4-15(19)6-17(16)20/h4-6,10-14,25H,7-9H2,1-3H3/t12?,13?,14-,18-/m1/s1. The second-order valence-electron chi connectivity index (χ2n) is 7.03. The van der Waals surface area contributed by atoms with Crippen LogP contribution in [-0.2, 0) is 16.9 Å². The molecular formula is C18H24F2N4O2. The van der Waals surface area contributed by atoms with Crippen LogP contribution < -0.4 is 0 Å². The maximum Gasteiger partial charge on any atom is 0.137 e. The van der Waals surface area contributed by atoms with Crippen molar-refractivity contribution in [1.29, 1.82) is 0 Å². The maximum atomic E-state index is 14.6. The van der Waals surface area contributed by atoms with Gasteiger partial charge in [-0.25, -0.2) is 18.4 Å². The fourth-order valence-electron chi connectivity index (χ4n) is 3.68. The van der Waals surface area contributed by atoms with E-state index in [1.54, 1.807) is 0 Å². The van der Waals surface area contributed by atoms with Crippen LogP contribution in [0.25, 0.3) is 0 Å². The highest BCUT2D eigenvalue weighted by atomic mass is 19.1. The Balaban J connectivity index is 1.99. The molecule has 1 aliphatic heterocycles. The third-order valence-corrected chi connectivity index (χ3v) is 4.95. The number of ether oxygens (including phenoxy) is 1. The highest BCUT2D eigenvalue weighted by Gasteiger charge is 2.43. The number of nitrogens with zero attached hydrogens (tertiary/aromatic N) is 4. The molecule has 4 atom stereocenters. The second kappa shape index (κ2) is 7.38. The number of aromatic nitrogens is 3. The molecule has 8 heteroatoms. The van der Waals surface area contributed by atoms with Gasteiger partial charge >= 0.3 is 0 Å². The summed E-state index contributed by atoms with van der Waals surface area (Å²) in [5, 5.41) is 15.6. The molecule has 1 saturated heterocycles. The van der Waals surface area contributed by atoms with Gasteiger partial charge in [-0.1, -0.05) is 6.07 Å². The van der Waals surface area contributed by atoms with Gasteiger partial charge in [-0.15, -0.1) is 0 Å². The average Bonchev–Trinajstić information content (AvgIpc) is 3.05. The molecule has 6 nitrogen and oxygen atoms in total. The van der Waals surface area contributed by atoms with Gasteiger partial charge in [0.05, 0.1) is 18.8 Å². The molecule has 0 spiro atoms. The number of morpholine rings is 1. The van der Waals surface area contributed by atoms with Crippen molar-refractivity contribution >= 4 is 0 Å². The van der Waals surface area contributed by atoms with E-state index in [1.165, 1.54) is 23.4 Å². The topological polar surface area (TPSA) is 63.4 Å². The zero-order valence-corrected chi connectivity index (χ0v) is 15.1. The number of hydrogen-bond donors (Lipinski definition) is 1. The Labute approximate surface area is 151 Å². The Morgan fingerprint density at radius 3 is 2.58 bits per heavy atom. The molecule has 1 aliphatic rings. The number of hydrogen-bond acceptors (Lipinski definition) is 5. The molecule has 0 amide bonds. The third-order valence-electron chi connectivity index (χ3n) is 4.95. The number of benzene rings is 1. The summed E-state index contributed by atoms with van der Waals surface area (Å²) in [6.07, 6.45) is 2.80. The lowest BCUT2D eigenvalue weighted by molar-refractivity contribution is -0.125. The molecule has 2 heterocycles. The number of aliphatic hydroxyl groups is 1. The van der Waals surface area contributed by atoms with Crippen molar-refractivity contribution < 1.29 is 18.6 Å². The van der Waals surface area contributed by atoms with Crippen molar-refractivity contribution in [1.82, 2.24) is 19.7 Å². The van der Waals surface area contributed by atoms with Gasteiger partial charge in [0.2, 0.25) is 0 Å². The van der Waals surface area contributed by atoms with Crippen molar-refractivity contribution in [3.63, 3.8) is 0 Å². The number of rotatable bonds is 5. The summed E-state index contributed by atoms with van der Waals surface area (Å²) < 4.78 is 35.2. The lowest BCUT2D eigenvalue weighted by atomic mass is 9.85. The van der Waals surface area contributed by atoms with Gasteiger partial charge in [-0.2, -0.15) is 5.10 Å². The minimum absolute atomic E-state index is 0.00314. The highest BCUT2D eigenvalue weighted by molar-refractivity contribution is 5.27. The fourth-order valence-corrected chi connectivity index (χ4v) is 3.68. The van der Waals surface area contributed by atoms with Crippen molar-refractivity contribution in [2.75, 3.05) is 13.1 Å². The maximum absolute atomic E-state index is 14.6. The molecule has 2 unspecified atom stereocenters. The highest BCUT2D eigenvalue weighted by Crippen LogP contribution is 2.33. The van der Waals surface area contributed by atoms with Gasteiger partial charge in [-0.05, 0) is 26.8 Å². The predicted molar refractivity (Wildman–Crippen MR) is 91.3 cm³/mol. The minimum Gasteiger partial charge on any atom is -0.381 e. The number of halogens is 2. The van der Waals surface area contributed by atoms with Crippen LogP contribution in [-0.4, -0.2) is 56.1 Å². The molecule has 142 valence electrons. The van der Waals surface area contributed by atoms with Gasteiger partial charge in [0.15, 0.2) is 0 Å².